The number of quaternary nitrogens is 5. The van der Waals surface area contributed by atoms with Crippen LogP contribution in [0.25, 0.3) is 0 Å². The number of unbranched alkanes of at least 4 members (excludes halogenated alkanes) is 55. The molecular weight excluding hydrogens is 1700 g/mol. The summed E-state index contributed by atoms with van der Waals surface area (Å²) in [4.78, 5) is 14.4. The van der Waals surface area contributed by atoms with Gasteiger partial charge in [0.05, 0.1) is 146 Å². The van der Waals surface area contributed by atoms with Crippen molar-refractivity contribution in [3.63, 3.8) is 0 Å². The van der Waals surface area contributed by atoms with Crippen LogP contribution in [-0.2, 0) is 64.5 Å². The van der Waals surface area contributed by atoms with Gasteiger partial charge in [0.1, 0.15) is 57.1 Å². The molecule has 0 aromatic heterocycles. The molecular formula is C96H205N5O20S5. The van der Waals surface area contributed by atoms with Crippen LogP contribution in [0.5, 0.6) is 0 Å². The summed E-state index contributed by atoms with van der Waals surface area (Å²) in [5, 5.41) is 28.6. The van der Waals surface area contributed by atoms with Crippen molar-refractivity contribution in [2.45, 2.75) is 457 Å². The van der Waals surface area contributed by atoms with E-state index in [1.807, 2.05) is 35.2 Å². The first-order valence-corrected chi connectivity index (χ1v) is 59.1. The smallest absolute Gasteiger partial charge is 0.303 e. The summed E-state index contributed by atoms with van der Waals surface area (Å²) in [6.45, 7) is 19.1. The van der Waals surface area contributed by atoms with Gasteiger partial charge >= 0.3 is 5.97 Å². The van der Waals surface area contributed by atoms with Crippen molar-refractivity contribution in [2.75, 3.05) is 151 Å². The van der Waals surface area contributed by atoms with Gasteiger partial charge in [-0.05, 0) is 64.2 Å². The number of ether oxygens (including phenoxy) is 2. The molecule has 126 heavy (non-hydrogen) atoms. The highest BCUT2D eigenvalue weighted by Gasteiger charge is 2.27. The van der Waals surface area contributed by atoms with Gasteiger partial charge in [-0.3, -0.25) is 9.00 Å². The van der Waals surface area contributed by atoms with Crippen LogP contribution in [-0.4, -0.2) is 278 Å². The van der Waals surface area contributed by atoms with Crippen molar-refractivity contribution >= 4 is 62.1 Å². The standard InChI is InChI=1S/C21H43NO5S.C21H45NO3S.C20H43NO4S.C18H39NO4S.C16H35NO4S/c1-5-6-7-8-9-10-11-12-13-14-15-16-17-22(3,4)18-21(27-20(2)23)19-28(24,25)26;1-6-7-8-9-10-11-12-13-14-15-16-17-18-22(2,3)19-21(25-4)20-26(5,23)24;1-3-4-5-6-7-8-9-10-11-12-13-14-15-16-17-21(2)18-20(22)19-26(23,24)25;1-3-4-5-6-7-8-9-10-11-12-13-14-15-19(2)16-18(20)17-24(21,22)23;1-3-4-5-6-7-8-9-10-11-12-13-17(2)14-16(18)15-22(19,20)21/h21H,5-19H2,1-4H3;21H,5-20H2,1-4H3;20,22H,3-19H2,1-2H3,(H,23,24,25);18,20H,3-17H2,1-2H3,(H,21,22,23);16,18H,3-15H2,1-2H3,(H,19,20,21). The summed E-state index contributed by atoms with van der Waals surface area (Å²) in [6.07, 6.45) is 74.6. The Morgan fingerprint density at radius 1 is 0.302 bits per heavy atom. The van der Waals surface area contributed by atoms with Crippen molar-refractivity contribution in [2.24, 2.45) is 0 Å². The van der Waals surface area contributed by atoms with Crippen molar-refractivity contribution in [1.29, 1.82) is 0 Å². The average molecular weight is 1910 g/mol. The van der Waals surface area contributed by atoms with Gasteiger partial charge in [0, 0.05) is 19.8 Å². The molecule has 0 bridgehead atoms. The number of likely N-dealkylation sites (N-methyl/N-ethyl adjacent to an activating group) is 5. The summed E-state index contributed by atoms with van der Waals surface area (Å²) in [5.41, 5.74) is 0. The quantitative estimate of drug-likeness (QED) is 0.0108. The number of hydrogen-bond donors (Lipinski definition) is 6. The maximum Gasteiger partial charge on any atom is 0.303 e. The van der Waals surface area contributed by atoms with E-state index < -0.39 is 104 Å². The number of nitrogens with one attached hydrogen (secondary N) is 3. The normalized spacial score (nSPS) is 14.6. The molecule has 764 valence electrons. The third-order valence-electron chi connectivity index (χ3n) is 23.4. The van der Waals surface area contributed by atoms with Crippen LogP contribution in [0.2, 0.25) is 0 Å². The van der Waals surface area contributed by atoms with Crippen molar-refractivity contribution in [1.82, 2.24) is 0 Å². The van der Waals surface area contributed by atoms with Gasteiger partial charge in [-0.15, -0.1) is 0 Å². The molecule has 0 saturated carbocycles. The second-order valence-corrected chi connectivity index (χ2v) is 46.3. The molecule has 0 aromatic carbocycles. The zero-order valence-electron chi connectivity index (χ0n) is 83.8. The lowest BCUT2D eigenvalue weighted by atomic mass is 10.0. The maximum atomic E-state index is 11.4. The highest BCUT2D eigenvalue weighted by atomic mass is 32.2. The SMILES string of the molecule is C=S(=O)([O-])CC(C[N+](C)(C)CCCCCCCCCCCCCC)OC.CCCCCCCCCCCCCCCC[NH+](C)CC(O)CS(=O)(=O)[O-].CCCCCCCCCCCCCC[N+](C)(C)CC(CS(=O)(=O)[O-])OC(C)=O.CCCCCCCCCCCCCC[NH+](C)CC(O)CS(=O)(=O)[O-].CCCCCCCCCCCC[NH+](C)CC(O)CS(=O)(=O)[O-]. The van der Waals surface area contributed by atoms with E-state index in [0.717, 1.165) is 84.0 Å². The molecule has 0 spiro atoms. The topological polar surface area (TPSA) is 378 Å². The second-order valence-electron chi connectivity index (χ2n) is 38.7. The van der Waals surface area contributed by atoms with E-state index in [9.17, 15) is 80.8 Å². The Balaban J connectivity index is -0.000000485. The van der Waals surface area contributed by atoms with E-state index in [1.54, 1.807) is 7.11 Å². The first-order chi connectivity index (χ1) is 59.3. The minimum absolute atomic E-state index is 0.00360. The Morgan fingerprint density at radius 2 is 0.476 bits per heavy atom. The minimum Gasteiger partial charge on any atom is -0.778 e. The van der Waals surface area contributed by atoms with E-state index in [2.05, 4.69) is 54.6 Å². The van der Waals surface area contributed by atoms with Crippen LogP contribution in [0.1, 0.15) is 427 Å². The van der Waals surface area contributed by atoms with Crippen molar-refractivity contribution in [3.8, 4) is 0 Å². The Bertz CT molecular complexity index is 2940. The van der Waals surface area contributed by atoms with Gasteiger partial charge in [0.25, 0.3) is 0 Å². The molecule has 0 aromatic rings. The largest absolute Gasteiger partial charge is 0.778 e. The Hall–Kier alpha value is -1.27. The number of hydrogen-bond acceptors (Lipinski definition) is 20. The zero-order chi connectivity index (χ0) is 96.1. The van der Waals surface area contributed by atoms with Gasteiger partial charge in [0.2, 0.25) is 0 Å². The summed E-state index contributed by atoms with van der Waals surface area (Å²) < 4.78 is 163. The van der Waals surface area contributed by atoms with Gasteiger partial charge in [-0.2, -0.15) is 0 Å². The van der Waals surface area contributed by atoms with Crippen LogP contribution in [0.4, 0.5) is 0 Å². The molecule has 0 aliphatic carbocycles. The van der Waals surface area contributed by atoms with Gasteiger partial charge in [0.15, 0.2) is 6.10 Å². The molecule has 0 aliphatic rings. The zero-order valence-corrected chi connectivity index (χ0v) is 87.9. The molecule has 0 amide bonds. The summed E-state index contributed by atoms with van der Waals surface area (Å²) in [6, 6.07) is 0. The van der Waals surface area contributed by atoms with E-state index in [1.165, 1.54) is 360 Å². The van der Waals surface area contributed by atoms with Gasteiger partial charge < -0.3 is 71.2 Å². The number of nitrogens with zero attached hydrogens (tertiary/aromatic N) is 2. The number of esters is 1. The second kappa shape index (κ2) is 89.0. The highest BCUT2D eigenvalue weighted by Crippen LogP contribution is 2.19. The van der Waals surface area contributed by atoms with Crippen LogP contribution in [0.3, 0.4) is 0 Å². The molecule has 9 atom stereocenters. The average Bonchev–Trinajstić information content (AvgIpc) is 0.881. The minimum atomic E-state index is -4.43. The first-order valence-electron chi connectivity index (χ1n) is 50.9. The number of carbonyl (C=O) groups excluding carboxylic acids is 1. The number of carbonyl (C=O) groups is 1. The third kappa shape index (κ3) is 119. The molecule has 9 unspecified atom stereocenters. The number of rotatable bonds is 87. The maximum absolute atomic E-state index is 11.4. The molecule has 6 N–H and O–H groups in total. The van der Waals surface area contributed by atoms with Crippen LogP contribution < -0.4 is 14.7 Å². The molecule has 0 rings (SSSR count). The fourth-order valence-electron chi connectivity index (χ4n) is 16.3. The molecule has 0 radical (unpaired) electrons. The lowest BCUT2D eigenvalue weighted by Gasteiger charge is -2.34. The van der Waals surface area contributed by atoms with E-state index >= 15 is 0 Å². The van der Waals surface area contributed by atoms with Crippen molar-refractivity contribution < 1.29 is 114 Å². The molecule has 25 nitrogen and oxygen atoms in total. The number of aliphatic hydroxyl groups excluding tert-OH is 3. The van der Waals surface area contributed by atoms with E-state index in [4.69, 9.17) is 9.47 Å². The highest BCUT2D eigenvalue weighted by molar-refractivity contribution is 7.95. The van der Waals surface area contributed by atoms with Crippen LogP contribution in [0, 0.1) is 0 Å². The molecule has 0 saturated heterocycles. The van der Waals surface area contributed by atoms with Crippen molar-refractivity contribution in [3.05, 3.63) is 0 Å². The van der Waals surface area contributed by atoms with Crippen LogP contribution in [0.15, 0.2) is 0 Å². The van der Waals surface area contributed by atoms with E-state index in [0.29, 0.717) is 37.2 Å². The summed E-state index contributed by atoms with van der Waals surface area (Å²) >= 11 is 0. The fourth-order valence-corrected chi connectivity index (χ4v) is 19.5. The number of aliphatic hydroxyl groups is 3. The summed E-state index contributed by atoms with van der Waals surface area (Å²) in [7, 11) is -5.02. The Labute approximate surface area is 778 Å². The molecule has 0 heterocycles. The van der Waals surface area contributed by atoms with Crippen LogP contribution >= 0.6 is 0 Å². The first kappa shape index (κ1) is 133. The fraction of sp³-hybridized carbons (Fsp3) is 0.979. The summed E-state index contributed by atoms with van der Waals surface area (Å²) in [5.74, 6) is -0.0374. The molecule has 30 heteroatoms. The Morgan fingerprint density at radius 3 is 0.643 bits per heavy atom. The predicted octanol–water partition coefficient (Wildman–Crippen LogP) is 15.2. The third-order valence-corrected chi connectivity index (χ3v) is 27.5. The number of methoxy groups -OCH3 is 1. The Kier molecular flexibility index (Phi) is 94.1. The van der Waals surface area contributed by atoms with E-state index in [-0.39, 0.29) is 11.9 Å². The predicted molar refractivity (Wildman–Crippen MR) is 522 cm³/mol. The molecule has 0 fully saturated rings. The van der Waals surface area contributed by atoms with Gasteiger partial charge in [-0.1, -0.05) is 371 Å². The lowest BCUT2D eigenvalue weighted by molar-refractivity contribution is -0.893. The molecule has 0 aliphatic heterocycles. The monoisotopic (exact) mass is 1910 g/mol. The van der Waals surface area contributed by atoms with Gasteiger partial charge in [-0.25, -0.2) is 33.7 Å². The lowest BCUT2D eigenvalue weighted by Crippen LogP contribution is -3.10.